The van der Waals surface area contributed by atoms with Gasteiger partial charge in [0, 0.05) is 37.1 Å². The van der Waals surface area contributed by atoms with Crippen molar-refractivity contribution >= 4 is 17.5 Å². The highest BCUT2D eigenvalue weighted by Gasteiger charge is 2.17. The molecule has 0 unspecified atom stereocenters. The molecular formula is C17H14ClFN4O. The summed E-state index contributed by atoms with van der Waals surface area (Å²) in [5, 5.41) is 7.23. The fourth-order valence-corrected chi connectivity index (χ4v) is 2.58. The van der Waals surface area contributed by atoms with Gasteiger partial charge >= 0.3 is 0 Å². The lowest BCUT2D eigenvalue weighted by atomic mass is 10.1. The number of nitrogens with one attached hydrogen (secondary N) is 1. The second-order valence-corrected chi connectivity index (χ2v) is 5.70. The van der Waals surface area contributed by atoms with Crippen LogP contribution in [0.1, 0.15) is 15.9 Å². The van der Waals surface area contributed by atoms with Gasteiger partial charge in [-0.2, -0.15) is 5.10 Å². The van der Waals surface area contributed by atoms with E-state index in [4.69, 9.17) is 11.6 Å². The van der Waals surface area contributed by atoms with Gasteiger partial charge in [-0.15, -0.1) is 0 Å². The molecule has 0 bridgehead atoms. The molecule has 0 spiro atoms. The molecule has 5 nitrogen and oxygen atoms in total. The summed E-state index contributed by atoms with van der Waals surface area (Å²) in [5.41, 5.74) is 2.76. The summed E-state index contributed by atoms with van der Waals surface area (Å²) < 4.78 is 13.1. The first-order chi connectivity index (χ1) is 11.6. The van der Waals surface area contributed by atoms with Gasteiger partial charge in [0.15, 0.2) is 0 Å². The summed E-state index contributed by atoms with van der Waals surface area (Å²) >= 11 is 6.02. The van der Waals surface area contributed by atoms with Crippen molar-refractivity contribution in [2.75, 3.05) is 7.05 Å². The number of hydrogen-bond donors (Lipinski definition) is 1. The van der Waals surface area contributed by atoms with Crippen molar-refractivity contribution in [1.82, 2.24) is 20.1 Å². The predicted molar refractivity (Wildman–Crippen MR) is 89.0 cm³/mol. The van der Waals surface area contributed by atoms with Crippen LogP contribution in [-0.4, -0.2) is 33.0 Å². The number of rotatable bonds is 4. The highest BCUT2D eigenvalue weighted by molar-refractivity contribution is 6.33. The van der Waals surface area contributed by atoms with E-state index in [2.05, 4.69) is 15.2 Å². The number of amides is 1. The second-order valence-electron chi connectivity index (χ2n) is 5.29. The van der Waals surface area contributed by atoms with Crippen LogP contribution in [0.25, 0.3) is 11.3 Å². The van der Waals surface area contributed by atoms with E-state index in [0.29, 0.717) is 17.1 Å². The number of H-pyrrole nitrogens is 1. The maximum atomic E-state index is 13.1. The molecule has 0 aliphatic heterocycles. The van der Waals surface area contributed by atoms with Gasteiger partial charge in [-0.3, -0.25) is 14.9 Å². The van der Waals surface area contributed by atoms with E-state index in [1.165, 1.54) is 24.5 Å². The Hall–Kier alpha value is -2.73. The summed E-state index contributed by atoms with van der Waals surface area (Å²) in [7, 11) is 1.68. The topological polar surface area (TPSA) is 61.9 Å². The van der Waals surface area contributed by atoms with Crippen LogP contribution >= 0.6 is 11.6 Å². The van der Waals surface area contributed by atoms with E-state index in [1.54, 1.807) is 36.3 Å². The van der Waals surface area contributed by atoms with Crippen LogP contribution in [0.3, 0.4) is 0 Å². The Morgan fingerprint density at radius 1 is 1.25 bits per heavy atom. The molecule has 0 saturated carbocycles. The largest absolute Gasteiger partial charge is 0.337 e. The molecule has 3 aromatic rings. The Balaban J connectivity index is 1.82. The number of carbonyl (C=O) groups excluding carboxylic acids is 1. The third kappa shape index (κ3) is 3.28. The van der Waals surface area contributed by atoms with E-state index in [-0.39, 0.29) is 11.7 Å². The lowest BCUT2D eigenvalue weighted by Crippen LogP contribution is -2.26. The van der Waals surface area contributed by atoms with Crippen LogP contribution in [-0.2, 0) is 6.54 Å². The van der Waals surface area contributed by atoms with Crippen molar-refractivity contribution in [2.45, 2.75) is 6.54 Å². The average Bonchev–Trinajstić information content (AvgIpc) is 3.03. The Morgan fingerprint density at radius 3 is 2.71 bits per heavy atom. The van der Waals surface area contributed by atoms with Gasteiger partial charge in [-0.25, -0.2) is 4.39 Å². The molecule has 122 valence electrons. The smallest absolute Gasteiger partial charge is 0.255 e. The standard InChI is InChI=1S/C17H14ClFN4O/c1-23(17(24)14-6-7-20-9-15(14)18)10-12-8-21-22-16(12)11-2-4-13(19)5-3-11/h2-9H,10H2,1H3,(H,21,22). The zero-order chi connectivity index (χ0) is 17.1. The molecule has 1 N–H and O–H groups in total. The summed E-state index contributed by atoms with van der Waals surface area (Å²) in [4.78, 5) is 17.9. The van der Waals surface area contributed by atoms with Gasteiger partial charge in [0.25, 0.3) is 5.91 Å². The molecule has 0 aliphatic rings. The molecule has 1 aromatic carbocycles. The zero-order valence-electron chi connectivity index (χ0n) is 12.8. The first kappa shape index (κ1) is 16.1. The van der Waals surface area contributed by atoms with Gasteiger partial charge in [0.1, 0.15) is 5.82 Å². The third-order valence-corrected chi connectivity index (χ3v) is 3.91. The molecule has 7 heteroatoms. The molecule has 0 atom stereocenters. The summed E-state index contributed by atoms with van der Waals surface area (Å²) in [6.07, 6.45) is 4.61. The second kappa shape index (κ2) is 6.80. The van der Waals surface area contributed by atoms with Crippen LogP contribution in [0, 0.1) is 5.82 Å². The van der Waals surface area contributed by atoms with E-state index in [0.717, 1.165) is 16.8 Å². The van der Waals surface area contributed by atoms with Crippen molar-refractivity contribution in [3.63, 3.8) is 0 Å². The SMILES string of the molecule is CN(Cc1cn[nH]c1-c1ccc(F)cc1)C(=O)c1ccncc1Cl. The maximum Gasteiger partial charge on any atom is 0.255 e. The van der Waals surface area contributed by atoms with E-state index >= 15 is 0 Å². The summed E-state index contributed by atoms with van der Waals surface area (Å²) in [5.74, 6) is -0.520. The number of pyridine rings is 1. The Kier molecular flexibility index (Phi) is 4.57. The number of aromatic amines is 1. The van der Waals surface area contributed by atoms with Crippen molar-refractivity contribution in [3.05, 3.63) is 70.9 Å². The molecule has 1 amide bonds. The lowest BCUT2D eigenvalue weighted by Gasteiger charge is -2.18. The molecule has 0 radical (unpaired) electrons. The van der Waals surface area contributed by atoms with Gasteiger partial charge in [-0.05, 0) is 30.3 Å². The number of aromatic nitrogens is 3. The highest BCUT2D eigenvalue weighted by Crippen LogP contribution is 2.23. The highest BCUT2D eigenvalue weighted by atomic mass is 35.5. The van der Waals surface area contributed by atoms with Crippen LogP contribution in [0.5, 0.6) is 0 Å². The van der Waals surface area contributed by atoms with Gasteiger partial charge in [0.05, 0.1) is 22.5 Å². The molecule has 3 rings (SSSR count). The van der Waals surface area contributed by atoms with E-state index < -0.39 is 0 Å². The minimum atomic E-state index is -0.306. The minimum Gasteiger partial charge on any atom is -0.337 e. The molecule has 2 heterocycles. The van der Waals surface area contributed by atoms with Crippen LogP contribution in [0.4, 0.5) is 4.39 Å². The average molecular weight is 345 g/mol. The zero-order valence-corrected chi connectivity index (χ0v) is 13.6. The fourth-order valence-electron chi connectivity index (χ4n) is 2.38. The Bertz CT molecular complexity index is 863. The van der Waals surface area contributed by atoms with E-state index in [1.807, 2.05) is 0 Å². The Morgan fingerprint density at radius 2 is 2.00 bits per heavy atom. The first-order valence-corrected chi connectivity index (χ1v) is 7.57. The predicted octanol–water partition coefficient (Wildman–Crippen LogP) is 3.54. The molecule has 0 fully saturated rings. The van der Waals surface area contributed by atoms with Crippen LogP contribution < -0.4 is 0 Å². The molecule has 0 saturated heterocycles. The van der Waals surface area contributed by atoms with Gasteiger partial charge in [-0.1, -0.05) is 11.6 Å². The fraction of sp³-hybridized carbons (Fsp3) is 0.118. The Labute approximate surface area is 143 Å². The summed E-state index contributed by atoms with van der Waals surface area (Å²) in [6, 6.07) is 7.66. The molecule has 24 heavy (non-hydrogen) atoms. The maximum absolute atomic E-state index is 13.1. The van der Waals surface area contributed by atoms with Crippen LogP contribution in [0.15, 0.2) is 48.9 Å². The number of carbonyl (C=O) groups is 1. The van der Waals surface area contributed by atoms with Crippen molar-refractivity contribution < 1.29 is 9.18 Å². The molecular weight excluding hydrogens is 331 g/mol. The molecule has 0 aliphatic carbocycles. The number of benzene rings is 1. The van der Waals surface area contributed by atoms with Crippen molar-refractivity contribution in [2.24, 2.45) is 0 Å². The summed E-state index contributed by atoms with van der Waals surface area (Å²) in [6.45, 7) is 0.334. The number of halogens is 2. The van der Waals surface area contributed by atoms with E-state index in [9.17, 15) is 9.18 Å². The normalized spacial score (nSPS) is 10.6. The third-order valence-electron chi connectivity index (χ3n) is 3.61. The monoisotopic (exact) mass is 344 g/mol. The van der Waals surface area contributed by atoms with Gasteiger partial charge in [0.2, 0.25) is 0 Å². The minimum absolute atomic E-state index is 0.214. The molecule has 2 aromatic heterocycles. The number of hydrogen-bond acceptors (Lipinski definition) is 3. The first-order valence-electron chi connectivity index (χ1n) is 7.19. The lowest BCUT2D eigenvalue weighted by molar-refractivity contribution is 0.0785. The van der Waals surface area contributed by atoms with Crippen molar-refractivity contribution in [1.29, 1.82) is 0 Å². The number of nitrogens with zero attached hydrogens (tertiary/aromatic N) is 3. The van der Waals surface area contributed by atoms with Gasteiger partial charge < -0.3 is 4.90 Å². The van der Waals surface area contributed by atoms with Crippen LogP contribution in [0.2, 0.25) is 5.02 Å². The van der Waals surface area contributed by atoms with Crippen molar-refractivity contribution in [3.8, 4) is 11.3 Å². The quantitative estimate of drug-likeness (QED) is 0.787.